The molecule has 0 aliphatic carbocycles. The molecule has 0 N–H and O–H groups in total. The van der Waals surface area contributed by atoms with Crippen LogP contribution in [0.4, 0.5) is 5.82 Å². The highest BCUT2D eigenvalue weighted by Crippen LogP contribution is 2.23. The van der Waals surface area contributed by atoms with Crippen molar-refractivity contribution in [2.45, 2.75) is 13.3 Å². The van der Waals surface area contributed by atoms with Crippen LogP contribution in [0.25, 0.3) is 23.0 Å². The molecule has 0 aliphatic rings. The predicted molar refractivity (Wildman–Crippen MR) is 90.9 cm³/mol. The van der Waals surface area contributed by atoms with E-state index in [2.05, 4.69) is 27.3 Å². The van der Waals surface area contributed by atoms with Gasteiger partial charge in [-0.1, -0.05) is 12.1 Å². The molecule has 7 heteroatoms. The van der Waals surface area contributed by atoms with E-state index in [-0.39, 0.29) is 0 Å². The van der Waals surface area contributed by atoms with E-state index in [4.69, 9.17) is 9.26 Å². The van der Waals surface area contributed by atoms with Crippen molar-refractivity contribution < 1.29 is 9.26 Å². The minimum Gasteiger partial charge on any atom is -0.497 e. The number of rotatable bonds is 6. The van der Waals surface area contributed by atoms with Gasteiger partial charge in [-0.2, -0.15) is 4.98 Å². The molecule has 0 amide bonds. The van der Waals surface area contributed by atoms with Gasteiger partial charge in [-0.15, -0.1) is 10.2 Å². The maximum absolute atomic E-state index is 5.30. The fraction of sp³-hybridized carbons (Fsp3) is 0.294. The Bertz CT molecular complexity index is 784. The molecule has 1 aromatic carbocycles. The van der Waals surface area contributed by atoms with Crippen molar-refractivity contribution in [1.29, 1.82) is 0 Å². The Balaban J connectivity index is 1.79. The fourth-order valence-electron chi connectivity index (χ4n) is 2.28. The van der Waals surface area contributed by atoms with E-state index in [1.165, 1.54) is 0 Å². The van der Waals surface area contributed by atoms with Crippen molar-refractivity contribution >= 4 is 5.82 Å². The molecule has 0 unspecified atom stereocenters. The van der Waals surface area contributed by atoms with Crippen LogP contribution in [0.2, 0.25) is 0 Å². The summed E-state index contributed by atoms with van der Waals surface area (Å²) in [6.45, 7) is 3.05. The lowest BCUT2D eigenvalue weighted by atomic mass is 10.2. The summed E-state index contributed by atoms with van der Waals surface area (Å²) in [4.78, 5) is 6.43. The van der Waals surface area contributed by atoms with Crippen LogP contribution < -0.4 is 9.64 Å². The van der Waals surface area contributed by atoms with E-state index >= 15 is 0 Å². The van der Waals surface area contributed by atoms with Crippen molar-refractivity contribution in [3.8, 4) is 28.7 Å². The van der Waals surface area contributed by atoms with Gasteiger partial charge >= 0.3 is 0 Å². The van der Waals surface area contributed by atoms with Gasteiger partial charge in [0.2, 0.25) is 5.82 Å². The van der Waals surface area contributed by atoms with Gasteiger partial charge in [0.25, 0.3) is 5.89 Å². The predicted octanol–water partition coefficient (Wildman–Crippen LogP) is 3.05. The van der Waals surface area contributed by atoms with Crippen LogP contribution in [-0.4, -0.2) is 41.0 Å². The first-order valence-electron chi connectivity index (χ1n) is 7.74. The van der Waals surface area contributed by atoms with Gasteiger partial charge in [-0.25, -0.2) is 0 Å². The average Bonchev–Trinajstić information content (AvgIpc) is 3.12. The molecule has 24 heavy (non-hydrogen) atoms. The highest BCUT2D eigenvalue weighted by atomic mass is 16.5. The number of aromatic nitrogens is 4. The van der Waals surface area contributed by atoms with Crippen LogP contribution in [0, 0.1) is 0 Å². The Labute approximate surface area is 140 Å². The zero-order valence-electron chi connectivity index (χ0n) is 13.9. The maximum atomic E-state index is 5.30. The summed E-state index contributed by atoms with van der Waals surface area (Å²) < 4.78 is 10.4. The molecule has 3 rings (SSSR count). The Morgan fingerprint density at radius 1 is 1.08 bits per heavy atom. The molecule has 7 nitrogen and oxygen atoms in total. The monoisotopic (exact) mass is 325 g/mol. The minimum atomic E-state index is 0.345. The molecule has 0 saturated carbocycles. The first-order chi connectivity index (χ1) is 11.7. The first kappa shape index (κ1) is 15.9. The molecule has 124 valence electrons. The van der Waals surface area contributed by atoms with Crippen molar-refractivity contribution in [3.05, 3.63) is 36.4 Å². The number of nitrogens with zero attached hydrogens (tertiary/aromatic N) is 5. The second-order valence-electron chi connectivity index (χ2n) is 5.35. The maximum Gasteiger partial charge on any atom is 0.278 e. The second kappa shape index (κ2) is 7.08. The number of hydrogen-bond acceptors (Lipinski definition) is 7. The largest absolute Gasteiger partial charge is 0.497 e. The molecule has 0 radical (unpaired) electrons. The van der Waals surface area contributed by atoms with E-state index in [0.29, 0.717) is 17.4 Å². The number of anilines is 1. The molecule has 2 heterocycles. The molecule has 0 fully saturated rings. The lowest BCUT2D eigenvalue weighted by molar-refractivity contribution is 0.414. The van der Waals surface area contributed by atoms with Crippen molar-refractivity contribution in [2.24, 2.45) is 0 Å². The highest BCUT2D eigenvalue weighted by molar-refractivity contribution is 5.59. The minimum absolute atomic E-state index is 0.345. The van der Waals surface area contributed by atoms with Crippen LogP contribution in [0.5, 0.6) is 5.75 Å². The summed E-state index contributed by atoms with van der Waals surface area (Å²) in [6, 6.07) is 11.2. The van der Waals surface area contributed by atoms with E-state index < -0.39 is 0 Å². The SMILES string of the molecule is CCCN(C)c1ccc(-c2nc(-c3ccc(OC)cc3)no2)nn1. The van der Waals surface area contributed by atoms with Gasteiger partial charge < -0.3 is 14.2 Å². The van der Waals surface area contributed by atoms with Crippen molar-refractivity contribution in [1.82, 2.24) is 20.3 Å². The fourth-order valence-corrected chi connectivity index (χ4v) is 2.28. The van der Waals surface area contributed by atoms with Crippen molar-refractivity contribution in [2.75, 3.05) is 25.6 Å². The van der Waals surface area contributed by atoms with E-state index in [0.717, 1.165) is 30.1 Å². The quantitative estimate of drug-likeness (QED) is 0.689. The Morgan fingerprint density at radius 2 is 1.88 bits per heavy atom. The second-order valence-corrected chi connectivity index (χ2v) is 5.35. The van der Waals surface area contributed by atoms with Crippen LogP contribution >= 0.6 is 0 Å². The molecule has 2 aromatic heterocycles. The first-order valence-corrected chi connectivity index (χ1v) is 7.74. The summed E-state index contributed by atoms with van der Waals surface area (Å²) in [7, 11) is 3.61. The van der Waals surface area contributed by atoms with Crippen LogP contribution in [0.15, 0.2) is 40.9 Å². The number of methoxy groups -OCH3 is 1. The number of hydrogen-bond donors (Lipinski definition) is 0. The zero-order valence-corrected chi connectivity index (χ0v) is 13.9. The van der Waals surface area contributed by atoms with Gasteiger partial charge in [0.05, 0.1) is 7.11 Å². The summed E-state index contributed by atoms with van der Waals surface area (Å²) in [5.74, 6) is 2.44. The number of benzene rings is 1. The molecular formula is C17H19N5O2. The Kier molecular flexibility index (Phi) is 4.69. The lowest BCUT2D eigenvalue weighted by Gasteiger charge is -2.15. The molecule has 3 aromatic rings. The average molecular weight is 325 g/mol. The van der Waals surface area contributed by atoms with Gasteiger partial charge in [0, 0.05) is 19.2 Å². The molecule has 0 bridgehead atoms. The van der Waals surface area contributed by atoms with E-state index in [1.54, 1.807) is 7.11 Å². The van der Waals surface area contributed by atoms with Crippen molar-refractivity contribution in [3.63, 3.8) is 0 Å². The Hall–Kier alpha value is -2.96. The summed E-state index contributed by atoms with van der Waals surface area (Å²) in [5.41, 5.74) is 1.40. The highest BCUT2D eigenvalue weighted by Gasteiger charge is 2.13. The molecule has 0 spiro atoms. The Morgan fingerprint density at radius 3 is 2.50 bits per heavy atom. The van der Waals surface area contributed by atoms with E-state index in [9.17, 15) is 0 Å². The summed E-state index contributed by atoms with van der Waals surface area (Å²) >= 11 is 0. The third-order valence-corrected chi connectivity index (χ3v) is 3.59. The van der Waals surface area contributed by atoms with Crippen LogP contribution in [0.3, 0.4) is 0 Å². The summed E-state index contributed by atoms with van der Waals surface area (Å²) in [5, 5.41) is 12.4. The number of ether oxygens (including phenoxy) is 1. The normalized spacial score (nSPS) is 10.6. The molecule has 0 aliphatic heterocycles. The third-order valence-electron chi connectivity index (χ3n) is 3.59. The van der Waals surface area contributed by atoms with Gasteiger partial charge in [-0.3, -0.25) is 0 Å². The van der Waals surface area contributed by atoms with E-state index in [1.807, 2.05) is 48.3 Å². The third kappa shape index (κ3) is 3.34. The lowest BCUT2D eigenvalue weighted by Crippen LogP contribution is -2.19. The molecule has 0 atom stereocenters. The smallest absolute Gasteiger partial charge is 0.278 e. The zero-order chi connectivity index (χ0) is 16.9. The summed E-state index contributed by atoms with van der Waals surface area (Å²) in [6.07, 6.45) is 1.05. The van der Waals surface area contributed by atoms with Crippen LogP contribution in [-0.2, 0) is 0 Å². The molecular weight excluding hydrogens is 306 g/mol. The topological polar surface area (TPSA) is 77.2 Å². The standard InChI is InChI=1S/C17H19N5O2/c1-4-11-22(2)15-10-9-14(19-20-15)17-18-16(21-24-17)12-5-7-13(23-3)8-6-12/h5-10H,4,11H2,1-3H3. The van der Waals surface area contributed by atoms with Gasteiger partial charge in [0.15, 0.2) is 11.5 Å². The van der Waals surface area contributed by atoms with Gasteiger partial charge in [-0.05, 0) is 42.8 Å². The molecule has 0 saturated heterocycles. The van der Waals surface area contributed by atoms with Crippen LogP contribution in [0.1, 0.15) is 13.3 Å². The van der Waals surface area contributed by atoms with Gasteiger partial charge in [0.1, 0.15) is 5.75 Å².